The number of carboxylic acid groups (broad SMARTS) is 1. The average Bonchev–Trinajstić information content (AvgIpc) is 2.79. The van der Waals surface area contributed by atoms with Crippen molar-refractivity contribution in [1.29, 1.82) is 0 Å². The van der Waals surface area contributed by atoms with Gasteiger partial charge in [0, 0.05) is 37.4 Å². The number of benzene rings is 1. The third-order valence-electron chi connectivity index (χ3n) is 4.77. The molecule has 0 aliphatic carbocycles. The lowest BCUT2D eigenvalue weighted by molar-refractivity contribution is -0.122. The molecular formula is C24H36N4O6. The molecule has 1 saturated heterocycles. The Hall–Kier alpha value is -3.29. The lowest BCUT2D eigenvalue weighted by Gasteiger charge is -2.36. The molecule has 10 heteroatoms. The second-order valence-electron chi connectivity index (χ2n) is 8.46. The first kappa shape index (κ1) is 28.7. The minimum absolute atomic E-state index is 0.111. The van der Waals surface area contributed by atoms with Crippen LogP contribution in [0.2, 0.25) is 0 Å². The van der Waals surface area contributed by atoms with E-state index in [1.807, 2.05) is 12.1 Å². The minimum atomic E-state index is -0.571. The molecule has 34 heavy (non-hydrogen) atoms. The highest BCUT2D eigenvalue weighted by atomic mass is 16.6. The van der Waals surface area contributed by atoms with Crippen molar-refractivity contribution in [2.45, 2.75) is 32.8 Å². The fourth-order valence-electron chi connectivity index (χ4n) is 3.23. The topological polar surface area (TPSA) is 134 Å². The third kappa shape index (κ3) is 10.6. The van der Waals surface area contributed by atoms with E-state index in [-0.39, 0.29) is 13.0 Å². The van der Waals surface area contributed by atoms with Gasteiger partial charge in [0.2, 0.25) is 0 Å². The van der Waals surface area contributed by atoms with Crippen molar-refractivity contribution in [3.05, 3.63) is 29.3 Å². The van der Waals surface area contributed by atoms with Crippen molar-refractivity contribution in [3.63, 3.8) is 0 Å². The van der Waals surface area contributed by atoms with Gasteiger partial charge in [-0.15, -0.1) is 0 Å². The van der Waals surface area contributed by atoms with Crippen LogP contribution in [0.4, 0.5) is 10.5 Å². The Balaban J connectivity index is 0.00000182. The number of ether oxygens (including phenoxy) is 2. The molecule has 0 saturated carbocycles. The monoisotopic (exact) mass is 476 g/mol. The predicted octanol–water partition coefficient (Wildman–Crippen LogP) is 1.52. The van der Waals surface area contributed by atoms with E-state index in [1.54, 1.807) is 26.8 Å². The average molecular weight is 477 g/mol. The number of alkyl carbamates (subject to hydrolysis) is 1. The summed E-state index contributed by atoms with van der Waals surface area (Å²) < 4.78 is 10.1. The van der Waals surface area contributed by atoms with E-state index in [2.05, 4.69) is 27.0 Å². The lowest BCUT2D eigenvalue weighted by Crippen LogP contribution is -2.46. The summed E-state index contributed by atoms with van der Waals surface area (Å²) in [7, 11) is 1.35. The molecule has 1 aliphatic rings. The minimum Gasteiger partial charge on any atom is -0.483 e. The van der Waals surface area contributed by atoms with Gasteiger partial charge in [-0.3, -0.25) is 9.69 Å². The van der Waals surface area contributed by atoms with Gasteiger partial charge in [0.05, 0.1) is 19.2 Å². The zero-order valence-corrected chi connectivity index (χ0v) is 20.4. The zero-order valence-electron chi connectivity index (χ0n) is 20.4. The molecule has 1 aliphatic heterocycles. The number of esters is 1. The highest BCUT2D eigenvalue weighted by Crippen LogP contribution is 2.21. The van der Waals surface area contributed by atoms with Gasteiger partial charge >= 0.3 is 12.1 Å². The van der Waals surface area contributed by atoms with Crippen LogP contribution in [-0.4, -0.2) is 87.1 Å². The molecule has 0 radical (unpaired) electrons. The van der Waals surface area contributed by atoms with E-state index in [0.29, 0.717) is 17.7 Å². The first-order valence-corrected chi connectivity index (χ1v) is 11.1. The molecule has 0 bridgehead atoms. The van der Waals surface area contributed by atoms with Gasteiger partial charge in [0.1, 0.15) is 5.60 Å². The van der Waals surface area contributed by atoms with E-state index in [4.69, 9.17) is 25.1 Å². The van der Waals surface area contributed by atoms with Gasteiger partial charge in [0.25, 0.3) is 6.47 Å². The smallest absolute Gasteiger partial charge is 0.408 e. The summed E-state index contributed by atoms with van der Waals surface area (Å²) in [6, 6.07) is 5.57. The summed E-state index contributed by atoms with van der Waals surface area (Å²) >= 11 is 0. The summed E-state index contributed by atoms with van der Waals surface area (Å²) in [6.07, 6.45) is 0.474. The Labute approximate surface area is 201 Å². The molecule has 1 aromatic carbocycles. The van der Waals surface area contributed by atoms with Crippen LogP contribution >= 0.6 is 0 Å². The molecule has 188 valence electrons. The fraction of sp³-hybridized carbons (Fsp3) is 0.542. The Morgan fingerprint density at radius 1 is 1.24 bits per heavy atom. The molecule has 0 spiro atoms. The number of nitrogens with zero attached hydrogens (tertiary/aromatic N) is 2. The van der Waals surface area contributed by atoms with Gasteiger partial charge in [-0.05, 0) is 58.5 Å². The number of methoxy groups -OCH3 is 1. The second-order valence-corrected chi connectivity index (χ2v) is 8.46. The summed E-state index contributed by atoms with van der Waals surface area (Å²) in [4.78, 5) is 37.0. The van der Waals surface area contributed by atoms with Crippen molar-refractivity contribution >= 4 is 24.2 Å². The van der Waals surface area contributed by atoms with Crippen LogP contribution < -0.4 is 16.0 Å². The molecule has 0 aromatic heterocycles. The van der Waals surface area contributed by atoms with Crippen LogP contribution in [-0.2, 0) is 14.3 Å². The summed E-state index contributed by atoms with van der Waals surface area (Å²) in [6.45, 7) is 10.7. The standard InChI is InChI=1S/C23H34N4O4.CH2O2/c1-23(2,3)31-22(29)25-11-5-7-18-17-19(8-9-20(18)21(28)30-4)27-15-13-26(14-16-27)12-6-10-24;2-1-3/h8-9,17H,6,10-16,24H2,1-4H3,(H,25,29);1H,(H,2,3). The van der Waals surface area contributed by atoms with Crippen LogP contribution in [0.25, 0.3) is 0 Å². The van der Waals surface area contributed by atoms with Gasteiger partial charge in [-0.25, -0.2) is 9.59 Å². The number of carbonyl (C=O) groups excluding carboxylic acids is 2. The van der Waals surface area contributed by atoms with Crippen molar-refractivity contribution in [2.24, 2.45) is 5.73 Å². The first-order chi connectivity index (χ1) is 16.1. The maximum absolute atomic E-state index is 12.2. The largest absolute Gasteiger partial charge is 0.483 e. The number of carbonyl (C=O) groups is 3. The molecule has 2 rings (SSSR count). The van der Waals surface area contributed by atoms with E-state index in [1.165, 1.54) is 7.11 Å². The van der Waals surface area contributed by atoms with E-state index in [0.717, 1.165) is 44.8 Å². The zero-order chi connectivity index (χ0) is 25.6. The number of rotatable bonds is 6. The molecule has 10 nitrogen and oxygen atoms in total. The highest BCUT2D eigenvalue weighted by Gasteiger charge is 2.19. The van der Waals surface area contributed by atoms with Gasteiger partial charge in [-0.2, -0.15) is 0 Å². The first-order valence-electron chi connectivity index (χ1n) is 11.1. The van der Waals surface area contributed by atoms with Crippen LogP contribution in [0.3, 0.4) is 0 Å². The highest BCUT2D eigenvalue weighted by molar-refractivity contribution is 5.93. The van der Waals surface area contributed by atoms with Crippen molar-refractivity contribution in [1.82, 2.24) is 10.2 Å². The van der Waals surface area contributed by atoms with Crippen molar-refractivity contribution in [2.75, 3.05) is 57.8 Å². The molecule has 1 heterocycles. The molecule has 4 N–H and O–H groups in total. The predicted molar refractivity (Wildman–Crippen MR) is 130 cm³/mol. The van der Waals surface area contributed by atoms with Gasteiger partial charge in [-0.1, -0.05) is 11.8 Å². The normalized spacial score (nSPS) is 13.5. The number of nitrogens with one attached hydrogen (secondary N) is 1. The van der Waals surface area contributed by atoms with E-state index >= 15 is 0 Å². The Bertz CT molecular complexity index is 864. The number of amides is 1. The lowest BCUT2D eigenvalue weighted by atomic mass is 10.1. The molecule has 0 unspecified atom stereocenters. The quantitative estimate of drug-likeness (QED) is 0.317. The van der Waals surface area contributed by atoms with Crippen LogP contribution in [0, 0.1) is 11.8 Å². The maximum Gasteiger partial charge on any atom is 0.408 e. The SMILES string of the molecule is COC(=O)c1ccc(N2CCN(CCCN)CC2)cc1C#CCNC(=O)OC(C)(C)C.O=CO. The fourth-order valence-corrected chi connectivity index (χ4v) is 3.23. The Morgan fingerprint density at radius 3 is 2.44 bits per heavy atom. The maximum atomic E-state index is 12.2. The Morgan fingerprint density at radius 2 is 1.88 bits per heavy atom. The summed E-state index contributed by atoms with van der Waals surface area (Å²) in [5, 5.41) is 9.48. The molecule has 1 fully saturated rings. The summed E-state index contributed by atoms with van der Waals surface area (Å²) in [5.74, 6) is 5.44. The number of hydrogen-bond donors (Lipinski definition) is 3. The molecule has 0 atom stereocenters. The third-order valence-corrected chi connectivity index (χ3v) is 4.77. The summed E-state index contributed by atoms with van der Waals surface area (Å²) in [5.41, 5.74) is 7.02. The van der Waals surface area contributed by atoms with E-state index < -0.39 is 17.7 Å². The van der Waals surface area contributed by atoms with Crippen molar-refractivity contribution < 1.29 is 29.0 Å². The van der Waals surface area contributed by atoms with Gasteiger partial charge in [0.15, 0.2) is 0 Å². The van der Waals surface area contributed by atoms with Crippen LogP contribution in [0.5, 0.6) is 0 Å². The van der Waals surface area contributed by atoms with E-state index in [9.17, 15) is 9.59 Å². The number of nitrogens with two attached hydrogens (primary N) is 1. The number of hydrogen-bond acceptors (Lipinski definition) is 8. The van der Waals surface area contributed by atoms with Crippen molar-refractivity contribution in [3.8, 4) is 11.8 Å². The number of piperazine rings is 1. The van der Waals surface area contributed by atoms with Crippen LogP contribution in [0.15, 0.2) is 18.2 Å². The number of anilines is 1. The Kier molecular flexibility index (Phi) is 12.5. The second kappa shape index (κ2) is 14.8. The molecular weight excluding hydrogens is 440 g/mol. The van der Waals surface area contributed by atoms with Crippen LogP contribution in [0.1, 0.15) is 43.1 Å². The molecule has 1 aromatic rings. The van der Waals surface area contributed by atoms with Gasteiger partial charge < -0.3 is 30.5 Å². The molecule has 1 amide bonds.